The van der Waals surface area contributed by atoms with Crippen molar-refractivity contribution in [3.05, 3.63) is 59.6 Å². The van der Waals surface area contributed by atoms with Gasteiger partial charge in [0.15, 0.2) is 17.7 Å². The van der Waals surface area contributed by atoms with Crippen molar-refractivity contribution in [2.45, 2.75) is 38.2 Å². The first-order valence-corrected chi connectivity index (χ1v) is 10.2. The second kappa shape index (κ2) is 7.16. The van der Waals surface area contributed by atoms with E-state index in [1.807, 2.05) is 30.5 Å². The Morgan fingerprint density at radius 3 is 2.74 bits per heavy atom. The number of nitrogens with zero attached hydrogens (tertiary/aromatic N) is 2. The highest BCUT2D eigenvalue weighted by molar-refractivity contribution is 5.98. The van der Waals surface area contributed by atoms with Crippen LogP contribution < -0.4 is 0 Å². The number of rotatable bonds is 4. The van der Waals surface area contributed by atoms with E-state index < -0.39 is 23.7 Å². The monoisotopic (exact) mass is 425 g/mol. The maximum Gasteiger partial charge on any atom is 0.332 e. The fourth-order valence-corrected chi connectivity index (χ4v) is 4.66. The molecule has 6 nitrogen and oxygen atoms in total. The Morgan fingerprint density at radius 1 is 1.26 bits per heavy atom. The molecule has 5 rings (SSSR count). The summed E-state index contributed by atoms with van der Waals surface area (Å²) in [6.45, 7) is 4.35. The minimum atomic E-state index is -0.978. The molecule has 0 radical (unpaired) electrons. The zero-order valence-corrected chi connectivity index (χ0v) is 17.0. The molecule has 2 aromatic carbocycles. The Hall–Kier alpha value is -3.26. The smallest absolute Gasteiger partial charge is 0.332 e. The number of imidazole rings is 1. The first-order chi connectivity index (χ1) is 14.8. The molecule has 2 atom stereocenters. The summed E-state index contributed by atoms with van der Waals surface area (Å²) in [5.74, 6) is -2.91. The van der Waals surface area contributed by atoms with Crippen molar-refractivity contribution < 1.29 is 23.4 Å². The molecular formula is C23H21F2N3O3. The lowest BCUT2D eigenvalue weighted by Gasteiger charge is -2.18. The summed E-state index contributed by atoms with van der Waals surface area (Å²) in [6, 6.07) is 7.76. The Labute approximate surface area is 176 Å². The van der Waals surface area contributed by atoms with Crippen LogP contribution in [-0.2, 0) is 9.53 Å². The average molecular weight is 425 g/mol. The molecule has 2 aromatic heterocycles. The Balaban J connectivity index is 1.83. The fraction of sp³-hybridized carbons (Fsp3) is 0.304. The van der Waals surface area contributed by atoms with Crippen molar-refractivity contribution in [3.63, 3.8) is 0 Å². The van der Waals surface area contributed by atoms with Crippen LogP contribution in [0.4, 0.5) is 8.78 Å². The van der Waals surface area contributed by atoms with Gasteiger partial charge >= 0.3 is 5.97 Å². The van der Waals surface area contributed by atoms with Crippen molar-refractivity contribution in [2.75, 3.05) is 6.61 Å². The number of aromatic nitrogens is 3. The summed E-state index contributed by atoms with van der Waals surface area (Å²) >= 11 is 0. The summed E-state index contributed by atoms with van der Waals surface area (Å²) in [5, 5.41) is 10.3. The van der Waals surface area contributed by atoms with E-state index in [0.29, 0.717) is 12.1 Å². The lowest BCUT2D eigenvalue weighted by atomic mass is 9.90. The molecule has 0 spiro atoms. The topological polar surface area (TPSA) is 80.1 Å². The standard InChI is InChI=1S/C23H21F2N3O3/c1-11(2)22-21(12-5-20(23(29)30)31-9-12)14-7-17-18(27-10-26-17)8-19(14)28(22)13-3-4-15(24)16(25)6-13/h3-4,6-8,10-12,20H,5,9H2,1-2H3,(H,26,27)(H,29,30). The highest BCUT2D eigenvalue weighted by Crippen LogP contribution is 2.43. The summed E-state index contributed by atoms with van der Waals surface area (Å²) in [5.41, 5.74) is 4.82. The predicted octanol–water partition coefficient (Wildman–Crippen LogP) is 4.87. The van der Waals surface area contributed by atoms with Crippen LogP contribution in [0.5, 0.6) is 0 Å². The highest BCUT2D eigenvalue weighted by atomic mass is 19.2. The number of nitrogens with one attached hydrogen (secondary N) is 1. The minimum Gasteiger partial charge on any atom is -0.479 e. The number of ether oxygens (including phenoxy) is 1. The summed E-state index contributed by atoms with van der Waals surface area (Å²) in [6.07, 6.45) is 1.10. The van der Waals surface area contributed by atoms with Gasteiger partial charge in [-0.3, -0.25) is 0 Å². The molecular weight excluding hydrogens is 404 g/mol. The van der Waals surface area contributed by atoms with Crippen LogP contribution in [-0.4, -0.2) is 38.3 Å². The number of carboxylic acids is 1. The number of hydrogen-bond donors (Lipinski definition) is 2. The van der Waals surface area contributed by atoms with E-state index in [-0.39, 0.29) is 18.4 Å². The molecule has 1 aliphatic rings. The van der Waals surface area contributed by atoms with Crippen LogP contribution in [0.15, 0.2) is 36.7 Å². The Kier molecular flexibility index (Phi) is 4.55. The number of aliphatic carboxylic acids is 1. The van der Waals surface area contributed by atoms with Gasteiger partial charge in [-0.05, 0) is 42.2 Å². The highest BCUT2D eigenvalue weighted by Gasteiger charge is 2.36. The maximum atomic E-state index is 14.2. The second-order valence-electron chi connectivity index (χ2n) is 8.27. The number of benzene rings is 2. The van der Waals surface area contributed by atoms with Gasteiger partial charge in [-0.25, -0.2) is 18.6 Å². The van der Waals surface area contributed by atoms with Crippen LogP contribution in [0.2, 0.25) is 0 Å². The maximum absolute atomic E-state index is 14.2. The number of carboxylic acid groups (broad SMARTS) is 1. The largest absolute Gasteiger partial charge is 0.479 e. The molecule has 1 saturated heterocycles. The number of aromatic amines is 1. The van der Waals surface area contributed by atoms with Crippen molar-refractivity contribution in [1.82, 2.24) is 14.5 Å². The molecule has 8 heteroatoms. The van der Waals surface area contributed by atoms with Gasteiger partial charge in [0, 0.05) is 28.8 Å². The lowest BCUT2D eigenvalue weighted by Crippen LogP contribution is -2.18. The third-order valence-electron chi connectivity index (χ3n) is 5.97. The lowest BCUT2D eigenvalue weighted by molar-refractivity contribution is -0.147. The van der Waals surface area contributed by atoms with E-state index in [2.05, 4.69) is 9.97 Å². The number of halogens is 2. The molecule has 2 N–H and O–H groups in total. The first-order valence-electron chi connectivity index (χ1n) is 10.2. The zero-order valence-electron chi connectivity index (χ0n) is 17.0. The quantitative estimate of drug-likeness (QED) is 0.489. The molecule has 3 heterocycles. The van der Waals surface area contributed by atoms with Gasteiger partial charge < -0.3 is 19.4 Å². The van der Waals surface area contributed by atoms with Gasteiger partial charge in [-0.15, -0.1) is 0 Å². The second-order valence-corrected chi connectivity index (χ2v) is 8.27. The molecule has 160 valence electrons. The van der Waals surface area contributed by atoms with E-state index in [1.165, 1.54) is 6.07 Å². The van der Waals surface area contributed by atoms with Crippen molar-refractivity contribution in [2.24, 2.45) is 0 Å². The van der Waals surface area contributed by atoms with Crippen LogP contribution in [0.1, 0.15) is 43.4 Å². The molecule has 31 heavy (non-hydrogen) atoms. The average Bonchev–Trinajstić information content (AvgIpc) is 3.44. The number of fused-ring (bicyclic) bond motifs is 2. The van der Waals surface area contributed by atoms with Crippen molar-refractivity contribution in [1.29, 1.82) is 0 Å². The summed E-state index contributed by atoms with van der Waals surface area (Å²) < 4.78 is 35.3. The molecule has 2 unspecified atom stereocenters. The van der Waals surface area contributed by atoms with Gasteiger partial charge in [-0.2, -0.15) is 0 Å². The predicted molar refractivity (Wildman–Crippen MR) is 112 cm³/mol. The Morgan fingerprint density at radius 2 is 2.06 bits per heavy atom. The third kappa shape index (κ3) is 3.09. The van der Waals surface area contributed by atoms with E-state index in [9.17, 15) is 18.7 Å². The third-order valence-corrected chi connectivity index (χ3v) is 5.97. The van der Waals surface area contributed by atoms with Crippen molar-refractivity contribution >= 4 is 27.9 Å². The molecule has 1 fully saturated rings. The van der Waals surface area contributed by atoms with Crippen LogP contribution in [0.25, 0.3) is 27.6 Å². The molecule has 4 aromatic rings. The first kappa shape index (κ1) is 19.7. The summed E-state index contributed by atoms with van der Waals surface area (Å²) in [4.78, 5) is 18.9. The van der Waals surface area contributed by atoms with E-state index in [1.54, 1.807) is 12.4 Å². The van der Waals surface area contributed by atoms with Gasteiger partial charge in [0.2, 0.25) is 0 Å². The Bertz CT molecular complexity index is 1320. The molecule has 0 bridgehead atoms. The van der Waals surface area contributed by atoms with Crippen LogP contribution >= 0.6 is 0 Å². The summed E-state index contributed by atoms with van der Waals surface area (Å²) in [7, 11) is 0. The van der Waals surface area contributed by atoms with Gasteiger partial charge in [0.25, 0.3) is 0 Å². The number of carbonyl (C=O) groups is 1. The molecule has 1 aliphatic heterocycles. The van der Waals surface area contributed by atoms with Gasteiger partial charge in [0.05, 0.1) is 29.5 Å². The number of H-pyrrole nitrogens is 1. The zero-order chi connectivity index (χ0) is 21.9. The van der Waals surface area contributed by atoms with Crippen LogP contribution in [0, 0.1) is 11.6 Å². The molecule has 0 aliphatic carbocycles. The van der Waals surface area contributed by atoms with E-state index in [4.69, 9.17) is 4.74 Å². The van der Waals surface area contributed by atoms with E-state index >= 15 is 0 Å². The van der Waals surface area contributed by atoms with Crippen LogP contribution in [0.3, 0.4) is 0 Å². The molecule has 0 amide bonds. The van der Waals surface area contributed by atoms with Gasteiger partial charge in [-0.1, -0.05) is 13.8 Å². The minimum absolute atomic E-state index is 0.0330. The normalized spacial score (nSPS) is 19.1. The SMILES string of the molecule is CC(C)c1c(C2COC(C(=O)O)C2)c2cc3[nH]cnc3cc2n1-c1ccc(F)c(F)c1. The van der Waals surface area contributed by atoms with E-state index in [0.717, 1.165) is 39.3 Å². The molecule has 0 saturated carbocycles. The van der Waals surface area contributed by atoms with Gasteiger partial charge in [0.1, 0.15) is 0 Å². The number of hydrogen-bond acceptors (Lipinski definition) is 3. The fourth-order valence-electron chi connectivity index (χ4n) is 4.66. The van der Waals surface area contributed by atoms with Crippen molar-refractivity contribution in [3.8, 4) is 5.69 Å².